The molecule has 3 atom stereocenters. The molecule has 3 unspecified atom stereocenters. The van der Waals surface area contributed by atoms with Gasteiger partial charge in [-0.15, -0.1) is 6.58 Å². The quantitative estimate of drug-likeness (QED) is 0.253. The normalized spacial score (nSPS) is 24.9. The lowest BCUT2D eigenvalue weighted by Crippen LogP contribution is -2.30. The number of ether oxygens (including phenoxy) is 1. The third-order valence-electron chi connectivity index (χ3n) is 5.32. The third-order valence-corrected chi connectivity index (χ3v) is 5.32. The first kappa shape index (κ1) is 19.1. The van der Waals surface area contributed by atoms with Crippen LogP contribution < -0.4 is 4.90 Å². The van der Waals surface area contributed by atoms with Crippen LogP contribution >= 0.6 is 0 Å². The van der Waals surface area contributed by atoms with Gasteiger partial charge in [0.1, 0.15) is 0 Å². The Morgan fingerprint density at radius 2 is 1.89 bits per heavy atom. The van der Waals surface area contributed by atoms with Gasteiger partial charge in [0, 0.05) is 6.08 Å². The van der Waals surface area contributed by atoms with Gasteiger partial charge in [-0.3, -0.25) is 14.5 Å². The lowest BCUT2D eigenvalue weighted by atomic mass is 9.76. The van der Waals surface area contributed by atoms with Crippen molar-refractivity contribution in [1.82, 2.24) is 0 Å². The molecule has 5 nitrogen and oxygen atoms in total. The van der Waals surface area contributed by atoms with Crippen molar-refractivity contribution in [2.24, 2.45) is 17.8 Å². The predicted molar refractivity (Wildman–Crippen MR) is 104 cm³/mol. The van der Waals surface area contributed by atoms with E-state index in [1.165, 1.54) is 11.0 Å². The number of nitrogens with zero attached hydrogens (tertiary/aromatic N) is 1. The largest absolute Gasteiger partial charge is 0.462 e. The second kappa shape index (κ2) is 8.33. The molecule has 2 fully saturated rings. The molecule has 5 heteroatoms. The smallest absolute Gasteiger partial charge is 0.330 e. The molecule has 2 aliphatic rings. The lowest BCUT2D eigenvalue weighted by molar-refractivity contribution is -0.137. The van der Waals surface area contributed by atoms with E-state index < -0.39 is 5.97 Å². The molecule has 1 aliphatic heterocycles. The highest BCUT2D eigenvalue weighted by molar-refractivity contribution is 6.22. The van der Waals surface area contributed by atoms with Crippen LogP contribution in [0.15, 0.2) is 43.0 Å². The summed E-state index contributed by atoms with van der Waals surface area (Å²) < 4.78 is 5.01. The van der Waals surface area contributed by atoms with Gasteiger partial charge < -0.3 is 4.74 Å². The maximum absolute atomic E-state index is 12.7. The Kier molecular flexibility index (Phi) is 5.89. The van der Waals surface area contributed by atoms with Crippen molar-refractivity contribution in [1.29, 1.82) is 0 Å². The Bertz CT molecular complexity index is 765. The number of carbonyl (C=O) groups excluding carboxylic acids is 3. The second-order valence-corrected chi connectivity index (χ2v) is 7.31. The Hall–Kier alpha value is -2.69. The maximum atomic E-state index is 12.7. The van der Waals surface area contributed by atoms with E-state index >= 15 is 0 Å². The summed E-state index contributed by atoms with van der Waals surface area (Å²) in [7, 11) is 0. The molecule has 27 heavy (non-hydrogen) atoms. The number of hydrogen-bond donors (Lipinski definition) is 0. The summed E-state index contributed by atoms with van der Waals surface area (Å²) in [5.74, 6) is -0.424. The Morgan fingerprint density at radius 3 is 2.59 bits per heavy atom. The van der Waals surface area contributed by atoms with E-state index in [9.17, 15) is 14.4 Å². The summed E-state index contributed by atoms with van der Waals surface area (Å²) in [6, 6.07) is 7.07. The highest BCUT2D eigenvalue weighted by atomic mass is 16.5. The van der Waals surface area contributed by atoms with E-state index in [2.05, 4.69) is 13.5 Å². The fourth-order valence-corrected chi connectivity index (χ4v) is 3.83. The van der Waals surface area contributed by atoms with Crippen molar-refractivity contribution in [3.8, 4) is 0 Å². The molecule has 0 bridgehead atoms. The molecule has 1 aromatic rings. The van der Waals surface area contributed by atoms with Crippen LogP contribution in [-0.2, 0) is 19.1 Å². The minimum absolute atomic E-state index is 0.0778. The SMILES string of the molecule is C=CCCOC(=O)C=Cc1ccc(N2C(=O)C3CCC(C)CC3C2=O)cc1. The molecule has 1 saturated carbocycles. The van der Waals surface area contributed by atoms with Gasteiger partial charge in [-0.05, 0) is 55.4 Å². The van der Waals surface area contributed by atoms with Gasteiger partial charge in [-0.1, -0.05) is 25.1 Å². The van der Waals surface area contributed by atoms with Gasteiger partial charge in [0.2, 0.25) is 11.8 Å². The predicted octanol–water partition coefficient (Wildman–Crippen LogP) is 3.74. The number of carbonyl (C=O) groups is 3. The molecule has 0 radical (unpaired) electrons. The van der Waals surface area contributed by atoms with E-state index in [0.29, 0.717) is 24.6 Å². The highest BCUT2D eigenvalue weighted by Crippen LogP contribution is 2.42. The Labute approximate surface area is 159 Å². The topological polar surface area (TPSA) is 63.7 Å². The van der Waals surface area contributed by atoms with Crippen LogP contribution in [0.2, 0.25) is 0 Å². The van der Waals surface area contributed by atoms with Crippen LogP contribution in [0.25, 0.3) is 6.08 Å². The summed E-state index contributed by atoms with van der Waals surface area (Å²) in [5.41, 5.74) is 1.39. The van der Waals surface area contributed by atoms with E-state index in [1.54, 1.807) is 36.4 Å². The van der Waals surface area contributed by atoms with Crippen LogP contribution in [0.1, 0.15) is 38.2 Å². The average molecular weight is 367 g/mol. The van der Waals surface area contributed by atoms with Gasteiger partial charge in [-0.25, -0.2) is 4.79 Å². The molecule has 1 aliphatic carbocycles. The number of imide groups is 1. The Balaban J connectivity index is 1.67. The minimum atomic E-state index is -0.413. The van der Waals surface area contributed by atoms with Gasteiger partial charge in [0.25, 0.3) is 0 Å². The number of rotatable bonds is 6. The molecule has 1 heterocycles. The first-order chi connectivity index (χ1) is 13.0. The molecule has 142 valence electrons. The van der Waals surface area contributed by atoms with Crippen molar-refractivity contribution in [2.45, 2.75) is 32.6 Å². The summed E-state index contributed by atoms with van der Waals surface area (Å²) in [6.45, 7) is 6.02. The fraction of sp³-hybridized carbons (Fsp3) is 0.409. The first-order valence-corrected chi connectivity index (χ1v) is 9.45. The van der Waals surface area contributed by atoms with Crippen molar-refractivity contribution < 1.29 is 19.1 Å². The first-order valence-electron chi connectivity index (χ1n) is 9.45. The number of amides is 2. The minimum Gasteiger partial charge on any atom is -0.462 e. The second-order valence-electron chi connectivity index (χ2n) is 7.31. The van der Waals surface area contributed by atoms with E-state index in [1.807, 2.05) is 0 Å². The van der Waals surface area contributed by atoms with Gasteiger partial charge >= 0.3 is 5.97 Å². The van der Waals surface area contributed by atoms with E-state index in [0.717, 1.165) is 24.8 Å². The van der Waals surface area contributed by atoms with Crippen LogP contribution in [0.5, 0.6) is 0 Å². The standard InChI is InChI=1S/C22H25NO4/c1-3-4-13-27-20(24)12-8-16-6-9-17(10-7-16)23-21(25)18-11-5-15(2)14-19(18)22(23)26/h3,6-10,12,15,18-19H,1,4-5,11,13-14H2,2H3. The monoisotopic (exact) mass is 367 g/mol. The summed E-state index contributed by atoms with van der Waals surface area (Å²) in [4.78, 5) is 38.4. The molecular formula is C22H25NO4. The van der Waals surface area contributed by atoms with Gasteiger partial charge in [-0.2, -0.15) is 0 Å². The van der Waals surface area contributed by atoms with Crippen LogP contribution in [0.3, 0.4) is 0 Å². The molecule has 0 N–H and O–H groups in total. The van der Waals surface area contributed by atoms with Gasteiger partial charge in [0.15, 0.2) is 0 Å². The highest BCUT2D eigenvalue weighted by Gasteiger charge is 2.49. The maximum Gasteiger partial charge on any atom is 0.330 e. The average Bonchev–Trinajstić information content (AvgIpc) is 2.91. The number of fused-ring (bicyclic) bond motifs is 1. The summed E-state index contributed by atoms with van der Waals surface area (Å²) in [6.07, 6.45) is 7.90. The molecule has 0 spiro atoms. The summed E-state index contributed by atoms with van der Waals surface area (Å²) in [5, 5.41) is 0. The third kappa shape index (κ3) is 4.18. The number of hydrogen-bond acceptors (Lipinski definition) is 4. The van der Waals surface area contributed by atoms with Gasteiger partial charge in [0.05, 0.1) is 24.1 Å². The van der Waals surface area contributed by atoms with Crippen LogP contribution in [0, 0.1) is 17.8 Å². The number of esters is 1. The molecule has 2 amide bonds. The molecule has 1 aromatic carbocycles. The van der Waals surface area contributed by atoms with E-state index in [4.69, 9.17) is 4.74 Å². The number of benzene rings is 1. The van der Waals surface area contributed by atoms with Crippen LogP contribution in [-0.4, -0.2) is 24.4 Å². The van der Waals surface area contributed by atoms with Crippen molar-refractivity contribution >= 4 is 29.5 Å². The molecular weight excluding hydrogens is 342 g/mol. The fourth-order valence-electron chi connectivity index (χ4n) is 3.83. The van der Waals surface area contributed by atoms with Crippen LogP contribution in [0.4, 0.5) is 5.69 Å². The van der Waals surface area contributed by atoms with Crippen molar-refractivity contribution in [2.75, 3.05) is 11.5 Å². The zero-order valence-electron chi connectivity index (χ0n) is 15.6. The van der Waals surface area contributed by atoms with Crippen molar-refractivity contribution in [3.63, 3.8) is 0 Å². The zero-order valence-corrected chi connectivity index (χ0v) is 15.6. The Morgan fingerprint density at radius 1 is 1.19 bits per heavy atom. The molecule has 1 saturated heterocycles. The molecule has 0 aromatic heterocycles. The van der Waals surface area contributed by atoms with E-state index in [-0.39, 0.29) is 23.7 Å². The lowest BCUT2D eigenvalue weighted by Gasteiger charge is -2.25. The molecule has 3 rings (SSSR count). The van der Waals surface area contributed by atoms with Crippen molar-refractivity contribution in [3.05, 3.63) is 48.6 Å². The number of anilines is 1. The zero-order chi connectivity index (χ0) is 19.4. The summed E-state index contributed by atoms with van der Waals surface area (Å²) >= 11 is 0.